The lowest BCUT2D eigenvalue weighted by molar-refractivity contribution is -0.138. The van der Waals surface area contributed by atoms with Crippen molar-refractivity contribution < 1.29 is 32.7 Å². The maximum atomic E-state index is 14.0. The first kappa shape index (κ1) is 29.5. The maximum Gasteiger partial charge on any atom is 0.255 e. The van der Waals surface area contributed by atoms with Crippen LogP contribution >= 0.6 is 15.9 Å². The van der Waals surface area contributed by atoms with Gasteiger partial charge in [0.25, 0.3) is 11.8 Å². The molecule has 3 atom stereocenters. The van der Waals surface area contributed by atoms with E-state index >= 15 is 0 Å². The van der Waals surface area contributed by atoms with Gasteiger partial charge in [-0.2, -0.15) is 0 Å². The first-order chi connectivity index (χ1) is 19.9. The number of likely N-dealkylation sites (tertiary alicyclic amines) is 2. The fraction of sp³-hybridized carbons (Fsp3) is 0.267. The molecule has 0 aromatic heterocycles. The molecule has 3 aromatic rings. The van der Waals surface area contributed by atoms with E-state index in [1.807, 2.05) is 0 Å². The van der Waals surface area contributed by atoms with E-state index in [-0.39, 0.29) is 41.5 Å². The molecule has 218 valence electrons. The Morgan fingerprint density at radius 1 is 1.02 bits per heavy atom. The number of halogens is 1. The third-order valence-electron chi connectivity index (χ3n) is 7.55. The van der Waals surface area contributed by atoms with Crippen molar-refractivity contribution in [3.63, 3.8) is 0 Å². The largest absolute Gasteiger partial charge is 0.508 e. The zero-order chi connectivity index (χ0) is 30.2. The SMILES string of the molecule is CS(=O)(=O)c1ccccc1C(=O)N1CC(=O)C2C1CCN2C(=O)C(Cc1ccc(O)cc1)NC(=O)c1cccc(Br)c1. The van der Waals surface area contributed by atoms with Gasteiger partial charge in [0.1, 0.15) is 17.8 Å². The quantitative estimate of drug-likeness (QED) is 0.399. The van der Waals surface area contributed by atoms with Gasteiger partial charge < -0.3 is 20.2 Å². The van der Waals surface area contributed by atoms with Gasteiger partial charge in [-0.3, -0.25) is 19.2 Å². The molecule has 42 heavy (non-hydrogen) atoms. The van der Waals surface area contributed by atoms with Crippen molar-refractivity contribution >= 4 is 49.3 Å². The molecule has 0 saturated carbocycles. The van der Waals surface area contributed by atoms with Crippen LogP contribution < -0.4 is 5.32 Å². The minimum absolute atomic E-state index is 0.0234. The van der Waals surface area contributed by atoms with Crippen LogP contribution in [-0.2, 0) is 25.8 Å². The lowest BCUT2D eigenvalue weighted by atomic mass is 10.0. The number of ketones is 1. The van der Waals surface area contributed by atoms with Crippen molar-refractivity contribution in [2.45, 2.75) is 35.9 Å². The lowest BCUT2D eigenvalue weighted by Gasteiger charge is -2.28. The molecule has 2 heterocycles. The highest BCUT2D eigenvalue weighted by Gasteiger charge is 2.52. The van der Waals surface area contributed by atoms with E-state index in [9.17, 15) is 32.7 Å². The van der Waals surface area contributed by atoms with Crippen molar-refractivity contribution in [3.8, 4) is 5.75 Å². The van der Waals surface area contributed by atoms with E-state index in [2.05, 4.69) is 21.2 Å². The van der Waals surface area contributed by atoms with Crippen LogP contribution in [0.1, 0.15) is 32.7 Å². The summed E-state index contributed by atoms with van der Waals surface area (Å²) in [6.07, 6.45) is 1.44. The number of rotatable bonds is 7. The van der Waals surface area contributed by atoms with Crippen molar-refractivity contribution in [3.05, 3.63) is 94.0 Å². The van der Waals surface area contributed by atoms with Crippen LogP contribution in [0, 0.1) is 0 Å². The van der Waals surface area contributed by atoms with Gasteiger partial charge in [-0.1, -0.05) is 46.3 Å². The second-order valence-electron chi connectivity index (χ2n) is 10.4. The van der Waals surface area contributed by atoms with Gasteiger partial charge in [-0.15, -0.1) is 0 Å². The normalized spacial score (nSPS) is 19.0. The highest BCUT2D eigenvalue weighted by atomic mass is 79.9. The number of nitrogens with one attached hydrogen (secondary N) is 1. The molecule has 2 fully saturated rings. The number of carbonyl (C=O) groups is 4. The molecule has 0 spiro atoms. The molecule has 2 aliphatic heterocycles. The average molecular weight is 655 g/mol. The Kier molecular flexibility index (Phi) is 8.20. The Labute approximate surface area is 251 Å². The number of benzene rings is 3. The Balaban J connectivity index is 1.41. The fourth-order valence-electron chi connectivity index (χ4n) is 5.60. The second kappa shape index (κ2) is 11.7. The number of fused-ring (bicyclic) bond motifs is 1. The fourth-order valence-corrected chi connectivity index (χ4v) is 6.88. The number of Topliss-reactive ketones (excluding diaryl/α,β-unsaturated/α-hetero) is 1. The zero-order valence-electron chi connectivity index (χ0n) is 22.6. The number of carbonyl (C=O) groups excluding carboxylic acids is 4. The maximum absolute atomic E-state index is 14.0. The van der Waals surface area contributed by atoms with Gasteiger partial charge in [0, 0.05) is 29.3 Å². The van der Waals surface area contributed by atoms with Crippen LogP contribution in [0.15, 0.2) is 82.2 Å². The van der Waals surface area contributed by atoms with E-state index in [0.29, 0.717) is 22.0 Å². The average Bonchev–Trinajstić information content (AvgIpc) is 3.54. The number of aromatic hydroxyl groups is 1. The van der Waals surface area contributed by atoms with Gasteiger partial charge >= 0.3 is 0 Å². The number of hydrogen-bond donors (Lipinski definition) is 2. The van der Waals surface area contributed by atoms with Crippen LogP contribution in [0.25, 0.3) is 0 Å². The van der Waals surface area contributed by atoms with E-state index in [4.69, 9.17) is 0 Å². The summed E-state index contributed by atoms with van der Waals surface area (Å²) >= 11 is 3.34. The van der Waals surface area contributed by atoms with Gasteiger partial charge in [0.05, 0.1) is 23.0 Å². The molecule has 5 rings (SSSR count). The third kappa shape index (κ3) is 5.95. The second-order valence-corrected chi connectivity index (χ2v) is 13.3. The minimum atomic E-state index is -3.70. The predicted molar refractivity (Wildman–Crippen MR) is 157 cm³/mol. The van der Waals surface area contributed by atoms with Crippen molar-refractivity contribution in [2.24, 2.45) is 0 Å². The number of hydrogen-bond acceptors (Lipinski definition) is 7. The predicted octanol–water partition coefficient (Wildman–Crippen LogP) is 2.59. The van der Waals surface area contributed by atoms with E-state index in [1.54, 1.807) is 42.5 Å². The molecule has 2 N–H and O–H groups in total. The van der Waals surface area contributed by atoms with Gasteiger partial charge in [-0.25, -0.2) is 8.42 Å². The van der Waals surface area contributed by atoms with Crippen LogP contribution in [0.4, 0.5) is 0 Å². The van der Waals surface area contributed by atoms with Gasteiger partial charge in [0.2, 0.25) is 5.91 Å². The van der Waals surface area contributed by atoms with E-state index < -0.39 is 45.7 Å². The number of phenolic OH excluding ortho intramolecular Hbond substituents is 1. The molecular weight excluding hydrogens is 626 g/mol. The molecular formula is C30H28BrN3O7S. The van der Waals surface area contributed by atoms with Gasteiger partial charge in [0.15, 0.2) is 15.6 Å². The molecule has 3 aromatic carbocycles. The molecule has 3 amide bonds. The van der Waals surface area contributed by atoms with E-state index in [1.165, 1.54) is 40.1 Å². The first-order valence-corrected chi connectivity index (χ1v) is 15.9. The number of phenols is 1. The molecule has 0 radical (unpaired) electrons. The number of amides is 3. The first-order valence-electron chi connectivity index (χ1n) is 13.2. The van der Waals surface area contributed by atoms with Crippen molar-refractivity contribution in [1.82, 2.24) is 15.1 Å². The van der Waals surface area contributed by atoms with Gasteiger partial charge in [-0.05, 0) is 54.4 Å². The highest BCUT2D eigenvalue weighted by Crippen LogP contribution is 2.32. The van der Waals surface area contributed by atoms with Crippen LogP contribution in [-0.4, -0.2) is 84.3 Å². The van der Waals surface area contributed by atoms with Crippen LogP contribution in [0.5, 0.6) is 5.75 Å². The smallest absolute Gasteiger partial charge is 0.255 e. The standard InChI is InChI=1S/C30H28BrN3O7S/c1-42(40,41)26-8-3-2-7-22(26)29(38)34-17-25(36)27-24(34)13-14-33(27)30(39)23(15-18-9-11-21(35)12-10-18)32-28(37)19-5-4-6-20(31)16-19/h2-12,16,23-24,27,35H,13-15,17H2,1H3,(H,32,37). The molecule has 2 saturated heterocycles. The summed E-state index contributed by atoms with van der Waals surface area (Å²) < 4.78 is 25.3. The lowest BCUT2D eigenvalue weighted by Crippen LogP contribution is -2.53. The Morgan fingerprint density at radius 3 is 2.43 bits per heavy atom. The number of nitrogens with zero attached hydrogens (tertiary/aromatic N) is 2. The minimum Gasteiger partial charge on any atom is -0.508 e. The monoisotopic (exact) mass is 653 g/mol. The summed E-state index contributed by atoms with van der Waals surface area (Å²) in [7, 11) is -3.70. The van der Waals surface area contributed by atoms with Crippen LogP contribution in [0.2, 0.25) is 0 Å². The Hall–Kier alpha value is -4.03. The van der Waals surface area contributed by atoms with Crippen molar-refractivity contribution in [2.75, 3.05) is 19.3 Å². The Bertz CT molecular complexity index is 1680. The summed E-state index contributed by atoms with van der Waals surface area (Å²) in [6, 6.07) is 16.2. The molecule has 0 bridgehead atoms. The van der Waals surface area contributed by atoms with Crippen LogP contribution in [0.3, 0.4) is 0 Å². The third-order valence-corrected chi connectivity index (χ3v) is 9.20. The summed E-state index contributed by atoms with van der Waals surface area (Å²) in [5.41, 5.74) is 0.999. The summed E-state index contributed by atoms with van der Waals surface area (Å²) in [6.45, 7) is -0.0840. The van der Waals surface area contributed by atoms with Crippen molar-refractivity contribution in [1.29, 1.82) is 0 Å². The Morgan fingerprint density at radius 2 is 1.74 bits per heavy atom. The highest BCUT2D eigenvalue weighted by molar-refractivity contribution is 9.10. The molecule has 3 unspecified atom stereocenters. The summed E-state index contributed by atoms with van der Waals surface area (Å²) in [4.78, 5) is 56.6. The summed E-state index contributed by atoms with van der Waals surface area (Å²) in [5.74, 6) is -1.82. The van der Waals surface area contributed by atoms with E-state index in [0.717, 1.165) is 6.26 Å². The molecule has 12 heteroatoms. The topological polar surface area (TPSA) is 141 Å². The number of sulfone groups is 1. The summed E-state index contributed by atoms with van der Waals surface area (Å²) in [5, 5.41) is 12.5. The molecule has 0 aliphatic carbocycles. The molecule has 10 nitrogen and oxygen atoms in total. The zero-order valence-corrected chi connectivity index (χ0v) is 25.0. The molecule has 2 aliphatic rings.